The van der Waals surface area contributed by atoms with E-state index in [-0.39, 0.29) is 17.8 Å². The maximum atomic E-state index is 13.6. The van der Waals surface area contributed by atoms with Crippen LogP contribution in [0.15, 0.2) is 41.8 Å². The smallest absolute Gasteiger partial charge is 0.274 e. The number of thiazole rings is 1. The number of amides is 1. The summed E-state index contributed by atoms with van der Waals surface area (Å²) < 4.78 is 20.1. The van der Waals surface area contributed by atoms with Crippen LogP contribution in [0, 0.1) is 5.82 Å². The second-order valence-electron chi connectivity index (χ2n) is 5.40. The van der Waals surface area contributed by atoms with E-state index in [1.165, 1.54) is 17.4 Å². The van der Waals surface area contributed by atoms with Gasteiger partial charge in [-0.25, -0.2) is 4.39 Å². The molecule has 7 heteroatoms. The Bertz CT molecular complexity index is 899. The Kier molecular flexibility index (Phi) is 4.03. The molecule has 4 nitrogen and oxygen atoms in total. The third-order valence-corrected chi connectivity index (χ3v) is 5.46. The molecule has 24 heavy (non-hydrogen) atoms. The molecule has 0 unspecified atom stereocenters. The highest BCUT2D eigenvalue weighted by molar-refractivity contribution is 7.20. The minimum atomic E-state index is -0.345. The molecule has 1 amide bonds. The summed E-state index contributed by atoms with van der Waals surface area (Å²) in [4.78, 5) is 19.0. The summed E-state index contributed by atoms with van der Waals surface area (Å²) in [5.74, 6) is -0.374. The molecule has 0 N–H and O–H groups in total. The third kappa shape index (κ3) is 3.05. The largest absolute Gasteiger partial charge is 0.463 e. The van der Waals surface area contributed by atoms with Crippen molar-refractivity contribution in [2.24, 2.45) is 0 Å². The molecule has 0 aliphatic carbocycles. The summed E-state index contributed by atoms with van der Waals surface area (Å²) >= 11 is 2.91. The normalized spacial score (nSPS) is 15.1. The van der Waals surface area contributed by atoms with Gasteiger partial charge in [-0.1, -0.05) is 23.5 Å². The van der Waals surface area contributed by atoms with Gasteiger partial charge >= 0.3 is 0 Å². The Morgan fingerprint density at radius 1 is 1.33 bits per heavy atom. The number of rotatable bonds is 4. The molecule has 1 aliphatic heterocycles. The van der Waals surface area contributed by atoms with Crippen LogP contribution in [-0.2, 0) is 4.79 Å². The predicted octanol–water partition coefficient (Wildman–Crippen LogP) is 3.80. The number of carbonyl (C=O) groups excluding carboxylic acids is 1. The molecule has 4 rings (SSSR count). The maximum Gasteiger partial charge on any atom is 0.274 e. The van der Waals surface area contributed by atoms with Crippen LogP contribution in [0.1, 0.15) is 4.88 Å². The average Bonchev–Trinajstić information content (AvgIpc) is 3.18. The highest BCUT2D eigenvalue weighted by Gasteiger charge is 2.32. The Balaban J connectivity index is 1.34. The zero-order chi connectivity index (χ0) is 16.5. The first-order chi connectivity index (χ1) is 11.7. The molecule has 0 bridgehead atoms. The standard InChI is InChI=1S/C17H13FN2O2S2/c18-13-4-1-5-14-16(13)19-17(24-14)22-11-9-20(10-11)15(21)7-6-12-3-2-8-23-12/h1-8,11H,9-10H2. The van der Waals surface area contributed by atoms with E-state index in [1.54, 1.807) is 28.4 Å². The topological polar surface area (TPSA) is 42.4 Å². The number of benzene rings is 1. The lowest BCUT2D eigenvalue weighted by molar-refractivity contribution is -0.134. The second kappa shape index (κ2) is 6.33. The van der Waals surface area contributed by atoms with E-state index in [4.69, 9.17) is 4.74 Å². The highest BCUT2D eigenvalue weighted by atomic mass is 32.1. The van der Waals surface area contributed by atoms with Gasteiger partial charge in [0.05, 0.1) is 17.8 Å². The molecule has 2 aromatic heterocycles. The van der Waals surface area contributed by atoms with Crippen molar-refractivity contribution in [3.05, 3.63) is 52.5 Å². The number of thiophene rings is 1. The van der Waals surface area contributed by atoms with Gasteiger partial charge in [0.1, 0.15) is 17.4 Å². The van der Waals surface area contributed by atoms with Crippen LogP contribution in [0.25, 0.3) is 16.3 Å². The monoisotopic (exact) mass is 360 g/mol. The summed E-state index contributed by atoms with van der Waals surface area (Å²) in [7, 11) is 0. The summed E-state index contributed by atoms with van der Waals surface area (Å²) in [6, 6.07) is 8.76. The van der Waals surface area contributed by atoms with Gasteiger partial charge in [-0.3, -0.25) is 4.79 Å². The lowest BCUT2D eigenvalue weighted by Gasteiger charge is -2.37. The molecule has 122 valence electrons. The number of nitrogens with zero attached hydrogens (tertiary/aromatic N) is 2. The summed E-state index contributed by atoms with van der Waals surface area (Å²) in [6.07, 6.45) is 3.31. The number of halogens is 1. The van der Waals surface area contributed by atoms with Crippen LogP contribution < -0.4 is 4.74 Å². The molecule has 1 saturated heterocycles. The molecule has 1 fully saturated rings. The Morgan fingerprint density at radius 2 is 2.21 bits per heavy atom. The number of carbonyl (C=O) groups is 1. The molecule has 0 saturated carbocycles. The Labute approximate surface area is 145 Å². The quantitative estimate of drug-likeness (QED) is 0.665. The van der Waals surface area contributed by atoms with Crippen molar-refractivity contribution in [2.75, 3.05) is 13.1 Å². The van der Waals surface area contributed by atoms with E-state index in [2.05, 4.69) is 4.98 Å². The first-order valence-corrected chi connectivity index (χ1v) is 9.11. The summed E-state index contributed by atoms with van der Waals surface area (Å²) in [5.41, 5.74) is 0.337. The number of para-hydroxylation sites is 1. The molecule has 0 spiro atoms. The number of hydrogen-bond donors (Lipinski definition) is 0. The van der Waals surface area contributed by atoms with Gasteiger partial charge in [-0.2, -0.15) is 4.98 Å². The molecule has 3 aromatic rings. The molecule has 0 radical (unpaired) electrons. The molecular formula is C17H13FN2O2S2. The fourth-order valence-electron chi connectivity index (χ4n) is 2.43. The number of aromatic nitrogens is 1. The van der Waals surface area contributed by atoms with Gasteiger partial charge < -0.3 is 9.64 Å². The van der Waals surface area contributed by atoms with Gasteiger partial charge in [-0.15, -0.1) is 11.3 Å². The van der Waals surface area contributed by atoms with Crippen molar-refractivity contribution < 1.29 is 13.9 Å². The number of ether oxygens (including phenoxy) is 1. The van der Waals surface area contributed by atoms with E-state index in [0.29, 0.717) is 23.8 Å². The van der Waals surface area contributed by atoms with E-state index in [9.17, 15) is 9.18 Å². The average molecular weight is 360 g/mol. The van der Waals surface area contributed by atoms with Crippen LogP contribution in [0.2, 0.25) is 0 Å². The zero-order valence-electron chi connectivity index (χ0n) is 12.5. The van der Waals surface area contributed by atoms with Crippen LogP contribution in [0.4, 0.5) is 4.39 Å². The second-order valence-corrected chi connectivity index (χ2v) is 7.37. The molecule has 1 aliphatic rings. The fourth-order valence-corrected chi connectivity index (χ4v) is 3.94. The fraction of sp³-hybridized carbons (Fsp3) is 0.176. The van der Waals surface area contributed by atoms with Crippen molar-refractivity contribution >= 4 is 44.9 Å². The Hall–Kier alpha value is -2.25. The van der Waals surface area contributed by atoms with Gasteiger partial charge in [0, 0.05) is 11.0 Å². The lowest BCUT2D eigenvalue weighted by Crippen LogP contribution is -2.55. The first kappa shape index (κ1) is 15.3. The van der Waals surface area contributed by atoms with E-state index in [0.717, 1.165) is 9.58 Å². The van der Waals surface area contributed by atoms with Gasteiger partial charge in [0.25, 0.3) is 5.19 Å². The highest BCUT2D eigenvalue weighted by Crippen LogP contribution is 2.30. The van der Waals surface area contributed by atoms with Crippen molar-refractivity contribution in [3.63, 3.8) is 0 Å². The number of hydrogen-bond acceptors (Lipinski definition) is 5. The predicted molar refractivity (Wildman–Crippen MR) is 93.9 cm³/mol. The minimum Gasteiger partial charge on any atom is -0.463 e. The van der Waals surface area contributed by atoms with E-state index < -0.39 is 0 Å². The summed E-state index contributed by atoms with van der Waals surface area (Å²) in [5, 5.41) is 2.42. The van der Waals surface area contributed by atoms with Gasteiger partial charge in [0.15, 0.2) is 0 Å². The van der Waals surface area contributed by atoms with Crippen LogP contribution >= 0.6 is 22.7 Å². The van der Waals surface area contributed by atoms with Crippen LogP contribution in [0.5, 0.6) is 5.19 Å². The maximum absolute atomic E-state index is 13.6. The van der Waals surface area contributed by atoms with Crippen LogP contribution in [-0.4, -0.2) is 35.0 Å². The summed E-state index contributed by atoms with van der Waals surface area (Å²) in [6.45, 7) is 1.04. The molecular weight excluding hydrogens is 347 g/mol. The van der Waals surface area contributed by atoms with Crippen LogP contribution in [0.3, 0.4) is 0 Å². The van der Waals surface area contributed by atoms with Gasteiger partial charge in [0.2, 0.25) is 5.91 Å². The number of fused-ring (bicyclic) bond motifs is 1. The van der Waals surface area contributed by atoms with Crippen molar-refractivity contribution in [2.45, 2.75) is 6.10 Å². The zero-order valence-corrected chi connectivity index (χ0v) is 14.1. The minimum absolute atomic E-state index is 0.0291. The van der Waals surface area contributed by atoms with Crippen molar-refractivity contribution in [1.82, 2.24) is 9.88 Å². The van der Waals surface area contributed by atoms with E-state index >= 15 is 0 Å². The lowest BCUT2D eigenvalue weighted by atomic mass is 10.1. The Morgan fingerprint density at radius 3 is 2.96 bits per heavy atom. The van der Waals surface area contributed by atoms with Crippen molar-refractivity contribution in [1.29, 1.82) is 0 Å². The van der Waals surface area contributed by atoms with E-state index in [1.807, 2.05) is 29.7 Å². The first-order valence-electron chi connectivity index (χ1n) is 7.41. The molecule has 0 atom stereocenters. The number of likely N-dealkylation sites (tertiary alicyclic amines) is 1. The SMILES string of the molecule is O=C(C=Cc1cccs1)N1CC(Oc2nc3c(F)cccc3s2)C1. The van der Waals surface area contributed by atoms with Gasteiger partial charge in [-0.05, 0) is 29.7 Å². The molecule has 1 aromatic carbocycles. The van der Waals surface area contributed by atoms with Crippen molar-refractivity contribution in [3.8, 4) is 5.19 Å². The molecule has 3 heterocycles. The third-order valence-electron chi connectivity index (χ3n) is 3.71.